The Morgan fingerprint density at radius 1 is 1.27 bits per heavy atom. The van der Waals surface area contributed by atoms with Crippen molar-refractivity contribution in [2.24, 2.45) is 0 Å². The maximum atomic E-state index is 12.4. The highest BCUT2D eigenvalue weighted by Gasteiger charge is 2.35. The quantitative estimate of drug-likeness (QED) is 0.765. The minimum absolute atomic E-state index is 0.0181. The molecule has 1 rings (SSSR count). The number of rotatable bonds is 1. The maximum Gasteiger partial charge on any atom is 0.417 e. The fraction of sp³-hybridized carbons (Fsp3) is 0.250. The average Bonchev–Trinajstić information content (AvgIpc) is 2.10. The van der Waals surface area contributed by atoms with Gasteiger partial charge in [0, 0.05) is 10.0 Å². The van der Waals surface area contributed by atoms with Crippen LogP contribution >= 0.6 is 39.1 Å². The molecule has 0 bridgehead atoms. The van der Waals surface area contributed by atoms with Gasteiger partial charge in [-0.25, -0.2) is 0 Å². The Morgan fingerprint density at radius 2 is 1.80 bits per heavy atom. The molecule has 0 aliphatic carbocycles. The van der Waals surface area contributed by atoms with Gasteiger partial charge >= 0.3 is 6.18 Å². The molecule has 15 heavy (non-hydrogen) atoms. The lowest BCUT2D eigenvalue weighted by atomic mass is 10.1. The molecular formula is C8H4BrCl2F3O. The number of hydrogen-bond donors (Lipinski definition) is 1. The van der Waals surface area contributed by atoms with Gasteiger partial charge < -0.3 is 5.11 Å². The van der Waals surface area contributed by atoms with E-state index in [1.54, 1.807) is 0 Å². The summed E-state index contributed by atoms with van der Waals surface area (Å²) in [6.45, 7) is -0.653. The Hall–Kier alpha value is 0.0300. The van der Waals surface area contributed by atoms with Gasteiger partial charge in [0.1, 0.15) is 0 Å². The summed E-state index contributed by atoms with van der Waals surface area (Å²) in [5.74, 6) is 0. The lowest BCUT2D eigenvalue weighted by Gasteiger charge is -2.14. The average molecular weight is 324 g/mol. The fourth-order valence-electron chi connectivity index (χ4n) is 1.00. The lowest BCUT2D eigenvalue weighted by Crippen LogP contribution is -2.08. The normalized spacial score (nSPS) is 11.9. The second-order valence-corrected chi connectivity index (χ2v) is 4.28. The molecule has 0 saturated carbocycles. The number of aliphatic hydroxyl groups excluding tert-OH is 1. The molecule has 0 unspecified atom stereocenters. The zero-order chi connectivity index (χ0) is 11.8. The summed E-state index contributed by atoms with van der Waals surface area (Å²) in [6.07, 6.45) is -4.58. The van der Waals surface area contributed by atoms with E-state index in [2.05, 4.69) is 15.9 Å². The lowest BCUT2D eigenvalue weighted by molar-refractivity contribution is -0.137. The molecule has 0 aliphatic heterocycles. The summed E-state index contributed by atoms with van der Waals surface area (Å²) < 4.78 is 37.4. The summed E-state index contributed by atoms with van der Waals surface area (Å²) in [5, 5.41) is 8.27. The molecule has 0 radical (unpaired) electrons. The summed E-state index contributed by atoms with van der Waals surface area (Å²) >= 11 is 14.0. The topological polar surface area (TPSA) is 20.2 Å². The standard InChI is InChI=1S/C8H4BrCl2F3O/c9-5-1-4(8(12,13)14)6(10)3(2-15)7(5)11/h1,15H,2H2. The highest BCUT2D eigenvalue weighted by molar-refractivity contribution is 9.10. The van der Waals surface area contributed by atoms with E-state index >= 15 is 0 Å². The van der Waals surface area contributed by atoms with Crippen molar-refractivity contribution in [1.82, 2.24) is 0 Å². The molecular weight excluding hydrogens is 320 g/mol. The number of benzene rings is 1. The van der Waals surface area contributed by atoms with Crippen LogP contribution in [-0.2, 0) is 12.8 Å². The molecule has 0 atom stereocenters. The molecule has 0 fully saturated rings. The molecule has 1 aromatic rings. The van der Waals surface area contributed by atoms with Gasteiger partial charge in [0.05, 0.1) is 22.2 Å². The molecule has 1 N–H and O–H groups in total. The van der Waals surface area contributed by atoms with Gasteiger partial charge in [0.2, 0.25) is 0 Å². The zero-order valence-corrected chi connectivity index (χ0v) is 10.1. The van der Waals surface area contributed by atoms with Crippen LogP contribution in [0.3, 0.4) is 0 Å². The van der Waals surface area contributed by atoms with Crippen LogP contribution < -0.4 is 0 Å². The summed E-state index contributed by atoms with van der Waals surface area (Å²) in [4.78, 5) is 0. The van der Waals surface area contributed by atoms with Gasteiger partial charge in [-0.15, -0.1) is 0 Å². The van der Waals surface area contributed by atoms with Gasteiger partial charge in [-0.2, -0.15) is 13.2 Å². The Kier molecular flexibility index (Phi) is 3.92. The molecule has 1 aromatic carbocycles. The zero-order valence-electron chi connectivity index (χ0n) is 7.00. The highest BCUT2D eigenvalue weighted by atomic mass is 79.9. The van der Waals surface area contributed by atoms with Gasteiger partial charge in [-0.05, 0) is 22.0 Å². The van der Waals surface area contributed by atoms with Crippen molar-refractivity contribution in [1.29, 1.82) is 0 Å². The van der Waals surface area contributed by atoms with E-state index in [0.29, 0.717) is 0 Å². The third-order valence-electron chi connectivity index (χ3n) is 1.71. The van der Waals surface area contributed by atoms with Crippen LogP contribution in [0.15, 0.2) is 10.5 Å². The van der Waals surface area contributed by atoms with E-state index in [1.165, 1.54) is 0 Å². The van der Waals surface area contributed by atoms with Crippen molar-refractivity contribution in [3.05, 3.63) is 31.7 Å². The Balaban J connectivity index is 3.51. The van der Waals surface area contributed by atoms with E-state index in [0.717, 1.165) is 6.07 Å². The number of alkyl halides is 3. The van der Waals surface area contributed by atoms with Crippen molar-refractivity contribution >= 4 is 39.1 Å². The third-order valence-corrected chi connectivity index (χ3v) is 3.43. The molecule has 0 aromatic heterocycles. The first-order chi connectivity index (χ1) is 6.79. The molecule has 0 spiro atoms. The van der Waals surface area contributed by atoms with Crippen LogP contribution in [0.4, 0.5) is 13.2 Å². The van der Waals surface area contributed by atoms with Crippen LogP contribution in [0.5, 0.6) is 0 Å². The van der Waals surface area contributed by atoms with Crippen molar-refractivity contribution in [3.8, 4) is 0 Å². The summed E-state index contributed by atoms with van der Waals surface area (Å²) in [5.41, 5.74) is -1.16. The molecule has 0 aliphatic rings. The van der Waals surface area contributed by atoms with Gasteiger partial charge in [-0.3, -0.25) is 0 Å². The molecule has 7 heteroatoms. The second kappa shape index (κ2) is 4.49. The Labute approximate surface area is 102 Å². The van der Waals surface area contributed by atoms with Crippen molar-refractivity contribution in [2.75, 3.05) is 0 Å². The highest BCUT2D eigenvalue weighted by Crippen LogP contribution is 2.42. The van der Waals surface area contributed by atoms with Crippen molar-refractivity contribution in [3.63, 3.8) is 0 Å². The first kappa shape index (κ1) is 13.1. The van der Waals surface area contributed by atoms with Crippen molar-refractivity contribution < 1.29 is 18.3 Å². The fourth-order valence-corrected chi connectivity index (χ4v) is 2.04. The van der Waals surface area contributed by atoms with Crippen LogP contribution in [0.25, 0.3) is 0 Å². The van der Waals surface area contributed by atoms with E-state index < -0.39 is 23.4 Å². The second-order valence-electron chi connectivity index (χ2n) is 2.67. The molecule has 84 valence electrons. The molecule has 0 saturated heterocycles. The van der Waals surface area contributed by atoms with Crippen LogP contribution in [0.1, 0.15) is 11.1 Å². The van der Waals surface area contributed by atoms with E-state index in [1.807, 2.05) is 0 Å². The van der Waals surface area contributed by atoms with E-state index in [-0.39, 0.29) is 15.1 Å². The smallest absolute Gasteiger partial charge is 0.392 e. The monoisotopic (exact) mass is 322 g/mol. The predicted octanol–water partition coefficient (Wildman–Crippen LogP) is 4.27. The minimum Gasteiger partial charge on any atom is -0.392 e. The van der Waals surface area contributed by atoms with Crippen LogP contribution in [0.2, 0.25) is 10.0 Å². The van der Waals surface area contributed by atoms with Crippen LogP contribution in [0, 0.1) is 0 Å². The molecule has 0 heterocycles. The van der Waals surface area contributed by atoms with E-state index in [9.17, 15) is 13.2 Å². The SMILES string of the molecule is OCc1c(Cl)c(Br)cc(C(F)(F)F)c1Cl. The number of hydrogen-bond acceptors (Lipinski definition) is 1. The summed E-state index contributed by atoms with van der Waals surface area (Å²) in [7, 11) is 0. The van der Waals surface area contributed by atoms with E-state index in [4.69, 9.17) is 28.3 Å². The van der Waals surface area contributed by atoms with Gasteiger partial charge in [0.15, 0.2) is 0 Å². The molecule has 0 amide bonds. The third kappa shape index (κ3) is 2.58. The summed E-state index contributed by atoms with van der Waals surface area (Å²) in [6, 6.07) is 0.782. The van der Waals surface area contributed by atoms with Gasteiger partial charge in [-0.1, -0.05) is 23.2 Å². The first-order valence-electron chi connectivity index (χ1n) is 3.63. The maximum absolute atomic E-state index is 12.4. The first-order valence-corrected chi connectivity index (χ1v) is 5.18. The number of halogens is 6. The Morgan fingerprint density at radius 3 is 2.20 bits per heavy atom. The molecule has 1 nitrogen and oxygen atoms in total. The Bertz CT molecular complexity index is 392. The van der Waals surface area contributed by atoms with Crippen molar-refractivity contribution in [2.45, 2.75) is 12.8 Å². The predicted molar refractivity (Wildman–Crippen MR) is 55.1 cm³/mol. The number of aliphatic hydroxyl groups is 1. The van der Waals surface area contributed by atoms with Gasteiger partial charge in [0.25, 0.3) is 0 Å². The minimum atomic E-state index is -4.58. The largest absolute Gasteiger partial charge is 0.417 e. The van der Waals surface area contributed by atoms with Crippen LogP contribution in [-0.4, -0.2) is 5.11 Å².